The minimum absolute atomic E-state index is 0.561. The lowest BCUT2D eigenvalue weighted by Gasteiger charge is -2.16. The Morgan fingerprint density at radius 1 is 0.600 bits per heavy atom. The standard InChI is InChI=1S/C23H24BN/c1-13-7-15(3)22(16(4)8-13)19-11-20(25-21(24)12-19)23-17(5)9-14(2)10-18(23)6/h7-12H,1-6H3. The molecule has 1 heterocycles. The molecule has 0 unspecified atom stereocenters. The zero-order valence-electron chi connectivity index (χ0n) is 16.0. The van der Waals surface area contributed by atoms with Crippen molar-refractivity contribution >= 4 is 13.4 Å². The van der Waals surface area contributed by atoms with Crippen LogP contribution in [0.2, 0.25) is 0 Å². The van der Waals surface area contributed by atoms with Crippen LogP contribution in [0.15, 0.2) is 36.4 Å². The van der Waals surface area contributed by atoms with Gasteiger partial charge in [0.25, 0.3) is 0 Å². The molecule has 1 aromatic heterocycles. The number of pyridine rings is 1. The fourth-order valence-corrected chi connectivity index (χ4v) is 4.04. The van der Waals surface area contributed by atoms with Gasteiger partial charge in [-0.3, -0.25) is 4.98 Å². The van der Waals surface area contributed by atoms with E-state index < -0.39 is 0 Å². The van der Waals surface area contributed by atoms with Crippen LogP contribution in [-0.2, 0) is 0 Å². The van der Waals surface area contributed by atoms with E-state index in [2.05, 4.69) is 76.9 Å². The summed E-state index contributed by atoms with van der Waals surface area (Å²) < 4.78 is 0. The fraction of sp³-hybridized carbons (Fsp3) is 0.261. The van der Waals surface area contributed by atoms with E-state index in [9.17, 15) is 0 Å². The molecule has 0 saturated carbocycles. The Morgan fingerprint density at radius 3 is 1.52 bits per heavy atom. The molecule has 0 atom stereocenters. The first kappa shape index (κ1) is 17.5. The number of nitrogens with zero attached hydrogens (tertiary/aromatic N) is 1. The van der Waals surface area contributed by atoms with Gasteiger partial charge in [-0.2, -0.15) is 0 Å². The highest BCUT2D eigenvalue weighted by Gasteiger charge is 2.13. The van der Waals surface area contributed by atoms with Crippen LogP contribution in [0, 0.1) is 41.5 Å². The monoisotopic (exact) mass is 325 g/mol. The van der Waals surface area contributed by atoms with Crippen molar-refractivity contribution in [2.45, 2.75) is 41.5 Å². The summed E-state index contributed by atoms with van der Waals surface area (Å²) in [7, 11) is 6.18. The first-order valence-corrected chi connectivity index (χ1v) is 8.70. The van der Waals surface area contributed by atoms with E-state index in [1.165, 1.54) is 44.5 Å². The van der Waals surface area contributed by atoms with E-state index in [1.807, 2.05) is 6.07 Å². The number of benzene rings is 2. The van der Waals surface area contributed by atoms with Gasteiger partial charge in [0.1, 0.15) is 7.85 Å². The number of rotatable bonds is 2. The molecule has 124 valence electrons. The highest BCUT2D eigenvalue weighted by Crippen LogP contribution is 2.32. The van der Waals surface area contributed by atoms with E-state index in [0.29, 0.717) is 5.59 Å². The maximum Gasteiger partial charge on any atom is 0.141 e. The molecule has 2 aromatic carbocycles. The van der Waals surface area contributed by atoms with Crippen molar-refractivity contribution in [2.24, 2.45) is 0 Å². The first-order chi connectivity index (χ1) is 11.8. The third kappa shape index (κ3) is 3.39. The van der Waals surface area contributed by atoms with E-state index in [-0.39, 0.29) is 0 Å². The van der Waals surface area contributed by atoms with Crippen molar-refractivity contribution in [1.82, 2.24) is 4.98 Å². The Morgan fingerprint density at radius 2 is 1.04 bits per heavy atom. The molecule has 0 spiro atoms. The molecule has 0 saturated heterocycles. The van der Waals surface area contributed by atoms with Gasteiger partial charge >= 0.3 is 0 Å². The van der Waals surface area contributed by atoms with Gasteiger partial charge in [-0.15, -0.1) is 0 Å². The van der Waals surface area contributed by atoms with Crippen LogP contribution < -0.4 is 5.59 Å². The molecule has 3 rings (SSSR count). The third-order valence-corrected chi connectivity index (χ3v) is 4.74. The molecule has 0 fully saturated rings. The van der Waals surface area contributed by atoms with Crippen LogP contribution in [0.1, 0.15) is 33.4 Å². The van der Waals surface area contributed by atoms with Crippen LogP contribution in [0.5, 0.6) is 0 Å². The van der Waals surface area contributed by atoms with Gasteiger partial charge in [-0.05, 0) is 92.6 Å². The number of hydrogen-bond donors (Lipinski definition) is 0. The highest BCUT2D eigenvalue weighted by atomic mass is 14.7. The van der Waals surface area contributed by atoms with Crippen LogP contribution in [0.3, 0.4) is 0 Å². The average Bonchev–Trinajstić information content (AvgIpc) is 2.44. The van der Waals surface area contributed by atoms with Crippen molar-refractivity contribution in [3.05, 3.63) is 69.8 Å². The molecule has 3 aromatic rings. The summed E-state index contributed by atoms with van der Waals surface area (Å²) in [4.78, 5) is 4.64. The molecule has 1 nitrogen and oxygen atoms in total. The Hall–Kier alpha value is -2.35. The fourth-order valence-electron chi connectivity index (χ4n) is 4.04. The summed E-state index contributed by atoms with van der Waals surface area (Å²) >= 11 is 0. The highest BCUT2D eigenvalue weighted by molar-refractivity contribution is 6.31. The number of hydrogen-bond acceptors (Lipinski definition) is 1. The molecule has 2 radical (unpaired) electrons. The van der Waals surface area contributed by atoms with Crippen molar-refractivity contribution in [3.63, 3.8) is 0 Å². The Balaban J connectivity index is 2.25. The van der Waals surface area contributed by atoms with Crippen molar-refractivity contribution in [2.75, 3.05) is 0 Å². The second-order valence-corrected chi connectivity index (χ2v) is 7.21. The molecular weight excluding hydrogens is 301 g/mol. The van der Waals surface area contributed by atoms with Crippen LogP contribution in [0.4, 0.5) is 0 Å². The number of aromatic nitrogens is 1. The van der Waals surface area contributed by atoms with Crippen LogP contribution in [0.25, 0.3) is 22.4 Å². The van der Waals surface area contributed by atoms with E-state index in [0.717, 1.165) is 11.3 Å². The summed E-state index contributed by atoms with van der Waals surface area (Å²) in [5, 5.41) is 0. The molecule has 25 heavy (non-hydrogen) atoms. The van der Waals surface area contributed by atoms with Crippen molar-refractivity contribution in [3.8, 4) is 22.4 Å². The van der Waals surface area contributed by atoms with Gasteiger partial charge < -0.3 is 0 Å². The van der Waals surface area contributed by atoms with Crippen molar-refractivity contribution in [1.29, 1.82) is 0 Å². The number of aryl methyl sites for hydroxylation is 6. The lowest BCUT2D eigenvalue weighted by Crippen LogP contribution is -2.10. The van der Waals surface area contributed by atoms with Gasteiger partial charge in [0.15, 0.2) is 0 Å². The summed E-state index contributed by atoms with van der Waals surface area (Å²) in [6.07, 6.45) is 0. The van der Waals surface area contributed by atoms with E-state index in [4.69, 9.17) is 7.85 Å². The zero-order valence-corrected chi connectivity index (χ0v) is 16.0. The zero-order chi connectivity index (χ0) is 18.3. The predicted molar refractivity (Wildman–Crippen MR) is 109 cm³/mol. The second kappa shape index (κ2) is 6.52. The summed E-state index contributed by atoms with van der Waals surface area (Å²) in [5.41, 5.74) is 12.6. The van der Waals surface area contributed by atoms with Crippen molar-refractivity contribution < 1.29 is 0 Å². The minimum atomic E-state index is 0.561. The third-order valence-electron chi connectivity index (χ3n) is 4.74. The Bertz CT molecular complexity index is 848. The topological polar surface area (TPSA) is 12.9 Å². The largest absolute Gasteiger partial charge is 0.264 e. The lowest BCUT2D eigenvalue weighted by molar-refractivity contribution is 1.27. The Kier molecular flexibility index (Phi) is 4.56. The first-order valence-electron chi connectivity index (χ1n) is 8.70. The quantitative estimate of drug-likeness (QED) is 0.600. The lowest BCUT2D eigenvalue weighted by atomic mass is 9.89. The van der Waals surface area contributed by atoms with Gasteiger partial charge in [-0.25, -0.2) is 0 Å². The summed E-state index contributed by atoms with van der Waals surface area (Å²) in [5.74, 6) is 0. The SMILES string of the molecule is [B]c1cc(-c2c(C)cc(C)cc2C)cc(-c2c(C)cc(C)cc2C)n1. The van der Waals surface area contributed by atoms with E-state index >= 15 is 0 Å². The molecular formula is C23H24BN. The van der Waals surface area contributed by atoms with Gasteiger partial charge in [0.05, 0.1) is 5.69 Å². The van der Waals surface area contributed by atoms with Gasteiger partial charge in [-0.1, -0.05) is 35.4 Å². The minimum Gasteiger partial charge on any atom is -0.264 e. The molecule has 0 aliphatic carbocycles. The van der Waals surface area contributed by atoms with Gasteiger partial charge in [0, 0.05) is 5.56 Å². The summed E-state index contributed by atoms with van der Waals surface area (Å²) in [6.45, 7) is 12.9. The van der Waals surface area contributed by atoms with Crippen LogP contribution >= 0.6 is 0 Å². The molecule has 0 amide bonds. The second-order valence-electron chi connectivity index (χ2n) is 7.21. The normalized spacial score (nSPS) is 11.0. The smallest absolute Gasteiger partial charge is 0.141 e. The average molecular weight is 325 g/mol. The van der Waals surface area contributed by atoms with Gasteiger partial charge in [0.2, 0.25) is 0 Å². The maximum atomic E-state index is 6.18. The molecule has 0 N–H and O–H groups in total. The predicted octanol–water partition coefficient (Wildman–Crippen LogP) is 5.06. The Labute approximate surface area is 152 Å². The maximum absolute atomic E-state index is 6.18. The molecule has 0 bridgehead atoms. The molecule has 0 aliphatic heterocycles. The molecule has 0 aliphatic rings. The molecule has 2 heteroatoms. The van der Waals surface area contributed by atoms with E-state index in [1.54, 1.807) is 0 Å². The summed E-state index contributed by atoms with van der Waals surface area (Å²) in [6, 6.07) is 13.0. The van der Waals surface area contributed by atoms with Crippen LogP contribution in [-0.4, -0.2) is 12.8 Å².